The summed E-state index contributed by atoms with van der Waals surface area (Å²) in [5.74, 6) is 0.104. The van der Waals surface area contributed by atoms with Gasteiger partial charge in [0.15, 0.2) is 0 Å². The Labute approximate surface area is 141 Å². The van der Waals surface area contributed by atoms with Crippen molar-refractivity contribution in [3.05, 3.63) is 66.0 Å². The Morgan fingerprint density at radius 2 is 1.83 bits per heavy atom. The van der Waals surface area contributed by atoms with Crippen LogP contribution in [0, 0.1) is 5.82 Å². The molecule has 2 heterocycles. The maximum atomic E-state index is 13.5. The van der Waals surface area contributed by atoms with Gasteiger partial charge in [0.1, 0.15) is 11.6 Å². The van der Waals surface area contributed by atoms with Crippen molar-refractivity contribution in [2.45, 2.75) is 0 Å². The van der Waals surface area contributed by atoms with Crippen molar-refractivity contribution in [1.29, 1.82) is 0 Å². The molecule has 4 rings (SSSR count). The monoisotopic (exact) mass is 339 g/mol. The topological polar surface area (TPSA) is 66.5 Å². The molecule has 0 amide bonds. The van der Waals surface area contributed by atoms with Crippen molar-refractivity contribution in [3.63, 3.8) is 0 Å². The standard InChI is InChI=1S/C17H11ClFN5/c18-17-23-15-6-3-12(19)7-14(15)16(24-17)22-13-4-1-10(2-5-13)11-8-20-21-9-11/h1-9H,(H,20,21)(H,22,23,24). The first-order valence-corrected chi connectivity index (χ1v) is 7.56. The lowest BCUT2D eigenvalue weighted by Crippen LogP contribution is -1.97. The molecule has 2 aromatic carbocycles. The first kappa shape index (κ1) is 14.6. The van der Waals surface area contributed by atoms with E-state index in [1.165, 1.54) is 12.1 Å². The number of fused-ring (bicyclic) bond motifs is 1. The van der Waals surface area contributed by atoms with Gasteiger partial charge in [0.2, 0.25) is 5.28 Å². The molecule has 0 radical (unpaired) electrons. The number of aromatic amines is 1. The molecule has 2 N–H and O–H groups in total. The van der Waals surface area contributed by atoms with Crippen LogP contribution in [0.1, 0.15) is 0 Å². The van der Waals surface area contributed by atoms with E-state index in [4.69, 9.17) is 11.6 Å². The van der Waals surface area contributed by atoms with Crippen LogP contribution in [-0.2, 0) is 0 Å². The third kappa shape index (κ3) is 2.79. The molecule has 0 aliphatic heterocycles. The number of nitrogens with one attached hydrogen (secondary N) is 2. The molecule has 0 saturated heterocycles. The number of hydrogen-bond acceptors (Lipinski definition) is 4. The fourth-order valence-electron chi connectivity index (χ4n) is 2.46. The number of halogens is 2. The maximum absolute atomic E-state index is 13.5. The number of hydrogen-bond donors (Lipinski definition) is 2. The first-order valence-electron chi connectivity index (χ1n) is 7.18. The summed E-state index contributed by atoms with van der Waals surface area (Å²) >= 11 is 5.96. The average molecular weight is 340 g/mol. The molecule has 24 heavy (non-hydrogen) atoms. The second-order valence-electron chi connectivity index (χ2n) is 5.19. The van der Waals surface area contributed by atoms with Crippen molar-refractivity contribution < 1.29 is 4.39 Å². The van der Waals surface area contributed by atoms with E-state index in [-0.39, 0.29) is 11.1 Å². The fraction of sp³-hybridized carbons (Fsp3) is 0. The molecule has 0 fully saturated rings. The predicted octanol–water partition coefficient (Wildman–Crippen LogP) is 4.56. The second-order valence-corrected chi connectivity index (χ2v) is 5.53. The zero-order valence-corrected chi connectivity index (χ0v) is 13.0. The van der Waals surface area contributed by atoms with Crippen molar-refractivity contribution in [2.24, 2.45) is 0 Å². The quantitative estimate of drug-likeness (QED) is 0.537. The van der Waals surface area contributed by atoms with Crippen LogP contribution in [0.5, 0.6) is 0 Å². The molecule has 7 heteroatoms. The van der Waals surface area contributed by atoms with Crippen LogP contribution in [-0.4, -0.2) is 20.2 Å². The van der Waals surface area contributed by atoms with E-state index in [1.807, 2.05) is 30.5 Å². The minimum atomic E-state index is -0.355. The van der Waals surface area contributed by atoms with Gasteiger partial charge in [0.05, 0.1) is 11.7 Å². The summed E-state index contributed by atoms with van der Waals surface area (Å²) in [6.45, 7) is 0. The van der Waals surface area contributed by atoms with Gasteiger partial charge in [-0.15, -0.1) is 0 Å². The molecule has 0 atom stereocenters. The molecule has 4 aromatic rings. The number of H-pyrrole nitrogens is 1. The van der Waals surface area contributed by atoms with Gasteiger partial charge >= 0.3 is 0 Å². The fourth-order valence-corrected chi connectivity index (χ4v) is 2.63. The molecular formula is C17H11ClFN5. The van der Waals surface area contributed by atoms with Crippen LogP contribution < -0.4 is 5.32 Å². The highest BCUT2D eigenvalue weighted by molar-refractivity contribution is 6.28. The van der Waals surface area contributed by atoms with Gasteiger partial charge in [-0.2, -0.15) is 10.1 Å². The summed E-state index contributed by atoms with van der Waals surface area (Å²) < 4.78 is 13.5. The van der Waals surface area contributed by atoms with Gasteiger partial charge in [-0.25, -0.2) is 9.37 Å². The largest absolute Gasteiger partial charge is 0.340 e. The van der Waals surface area contributed by atoms with Crippen LogP contribution in [0.3, 0.4) is 0 Å². The highest BCUT2D eigenvalue weighted by Crippen LogP contribution is 2.27. The minimum absolute atomic E-state index is 0.103. The summed E-state index contributed by atoms with van der Waals surface area (Å²) in [6, 6.07) is 12.0. The third-order valence-corrected chi connectivity index (χ3v) is 3.78. The molecule has 0 bridgehead atoms. The highest BCUT2D eigenvalue weighted by atomic mass is 35.5. The van der Waals surface area contributed by atoms with Crippen molar-refractivity contribution in [1.82, 2.24) is 20.2 Å². The molecule has 5 nitrogen and oxygen atoms in total. The van der Waals surface area contributed by atoms with Gasteiger partial charge in [-0.1, -0.05) is 12.1 Å². The minimum Gasteiger partial charge on any atom is -0.340 e. The normalized spacial score (nSPS) is 10.9. The Kier molecular flexibility index (Phi) is 3.59. The molecule has 0 unspecified atom stereocenters. The molecule has 0 aliphatic rings. The Balaban J connectivity index is 1.70. The average Bonchev–Trinajstić information content (AvgIpc) is 3.11. The smallest absolute Gasteiger partial charge is 0.224 e. The highest BCUT2D eigenvalue weighted by Gasteiger charge is 2.08. The molecule has 0 spiro atoms. The van der Waals surface area contributed by atoms with E-state index in [0.717, 1.165) is 16.8 Å². The predicted molar refractivity (Wildman–Crippen MR) is 91.8 cm³/mol. The van der Waals surface area contributed by atoms with Crippen molar-refractivity contribution >= 4 is 34.0 Å². The van der Waals surface area contributed by atoms with E-state index < -0.39 is 0 Å². The SMILES string of the molecule is Fc1ccc2nc(Cl)nc(Nc3ccc(-c4cn[nH]c4)cc3)c2c1. The number of anilines is 2. The van der Waals surface area contributed by atoms with Crippen LogP contribution in [0.4, 0.5) is 15.9 Å². The Hall–Kier alpha value is -2.99. The molecule has 118 valence electrons. The lowest BCUT2D eigenvalue weighted by molar-refractivity contribution is 0.629. The van der Waals surface area contributed by atoms with Crippen molar-refractivity contribution in [3.8, 4) is 11.1 Å². The second kappa shape index (κ2) is 5.90. The zero-order valence-electron chi connectivity index (χ0n) is 12.3. The number of nitrogens with zero attached hydrogens (tertiary/aromatic N) is 3. The van der Waals surface area contributed by atoms with Crippen LogP contribution in [0.15, 0.2) is 54.9 Å². The summed E-state index contributed by atoms with van der Waals surface area (Å²) in [5, 5.41) is 10.5. The summed E-state index contributed by atoms with van der Waals surface area (Å²) in [4.78, 5) is 8.28. The van der Waals surface area contributed by atoms with Gasteiger partial charge < -0.3 is 5.32 Å². The van der Waals surface area contributed by atoms with E-state index in [0.29, 0.717) is 16.7 Å². The van der Waals surface area contributed by atoms with Crippen molar-refractivity contribution in [2.75, 3.05) is 5.32 Å². The summed E-state index contributed by atoms with van der Waals surface area (Å²) in [7, 11) is 0. The van der Waals surface area contributed by atoms with E-state index >= 15 is 0 Å². The lowest BCUT2D eigenvalue weighted by atomic mass is 10.1. The first-order chi connectivity index (χ1) is 11.7. The van der Waals surface area contributed by atoms with E-state index in [9.17, 15) is 4.39 Å². The molecule has 0 saturated carbocycles. The summed E-state index contributed by atoms with van der Waals surface area (Å²) in [5.41, 5.74) is 3.42. The number of benzene rings is 2. The van der Waals surface area contributed by atoms with E-state index in [2.05, 4.69) is 25.5 Å². The zero-order chi connectivity index (χ0) is 16.5. The van der Waals surface area contributed by atoms with Crippen LogP contribution in [0.2, 0.25) is 5.28 Å². The van der Waals surface area contributed by atoms with E-state index in [1.54, 1.807) is 12.3 Å². The Bertz CT molecular complexity index is 1000. The van der Waals surface area contributed by atoms with Gasteiger partial charge in [0.25, 0.3) is 0 Å². The lowest BCUT2D eigenvalue weighted by Gasteiger charge is -2.09. The Morgan fingerprint density at radius 3 is 2.58 bits per heavy atom. The maximum Gasteiger partial charge on any atom is 0.224 e. The summed E-state index contributed by atoms with van der Waals surface area (Å²) in [6.07, 6.45) is 3.58. The third-order valence-electron chi connectivity index (χ3n) is 3.61. The molecule has 2 aromatic heterocycles. The van der Waals surface area contributed by atoms with Gasteiger partial charge in [-0.05, 0) is 47.5 Å². The molecular weight excluding hydrogens is 329 g/mol. The molecule has 0 aliphatic carbocycles. The van der Waals surface area contributed by atoms with Gasteiger partial charge in [0, 0.05) is 22.8 Å². The van der Waals surface area contributed by atoms with Crippen LogP contribution >= 0.6 is 11.6 Å². The number of aromatic nitrogens is 4. The number of rotatable bonds is 3. The van der Waals surface area contributed by atoms with Gasteiger partial charge in [-0.3, -0.25) is 5.10 Å². The van der Waals surface area contributed by atoms with Crippen LogP contribution in [0.25, 0.3) is 22.0 Å². The Morgan fingerprint density at radius 1 is 1.00 bits per heavy atom.